The van der Waals surface area contributed by atoms with Gasteiger partial charge in [-0.05, 0) is 38.6 Å². The van der Waals surface area contributed by atoms with Gasteiger partial charge in [-0.25, -0.2) is 4.79 Å². The van der Waals surface area contributed by atoms with Crippen LogP contribution in [-0.2, 0) is 19.2 Å². The van der Waals surface area contributed by atoms with Gasteiger partial charge in [0.25, 0.3) is 0 Å². The fraction of sp³-hybridized carbons (Fsp3) is 0.778. The van der Waals surface area contributed by atoms with Crippen LogP contribution in [0.5, 0.6) is 0 Å². The Kier molecular flexibility index (Phi) is 10.4. The number of aliphatic hydroxyl groups excluding tert-OH is 1. The van der Waals surface area contributed by atoms with Crippen molar-refractivity contribution >= 4 is 36.3 Å². The predicted octanol–water partition coefficient (Wildman–Crippen LogP) is -1.37. The molecule has 0 aromatic heterocycles. The van der Waals surface area contributed by atoms with E-state index < -0.39 is 42.0 Å². The van der Waals surface area contributed by atoms with Gasteiger partial charge in [-0.1, -0.05) is 13.8 Å². The molecule has 0 bridgehead atoms. The molecule has 1 aliphatic heterocycles. The second-order valence-electron chi connectivity index (χ2n) is 7.65. The van der Waals surface area contributed by atoms with Gasteiger partial charge in [0.05, 0.1) is 12.1 Å². The van der Waals surface area contributed by atoms with Crippen molar-refractivity contribution in [3.63, 3.8) is 0 Å². The molecule has 1 heterocycles. The molecule has 1 rings (SSSR count). The van der Waals surface area contributed by atoms with Crippen LogP contribution in [0.2, 0.25) is 0 Å². The van der Waals surface area contributed by atoms with Gasteiger partial charge in [0.1, 0.15) is 18.1 Å². The zero-order valence-corrected chi connectivity index (χ0v) is 17.9. The summed E-state index contributed by atoms with van der Waals surface area (Å²) in [6.07, 6.45) is 0.449. The van der Waals surface area contributed by atoms with Gasteiger partial charge in [-0.3, -0.25) is 14.4 Å². The molecule has 0 saturated carbocycles. The van der Waals surface area contributed by atoms with Gasteiger partial charge in [-0.2, -0.15) is 12.6 Å². The molecular weight excluding hydrogens is 400 g/mol. The maximum Gasteiger partial charge on any atom is 0.326 e. The zero-order chi connectivity index (χ0) is 22.1. The molecule has 5 atom stereocenters. The first-order valence-corrected chi connectivity index (χ1v) is 10.4. The number of carbonyl (C=O) groups is 4. The smallest absolute Gasteiger partial charge is 0.326 e. The van der Waals surface area contributed by atoms with Gasteiger partial charge in [-0.15, -0.1) is 0 Å². The molecule has 10 nitrogen and oxygen atoms in total. The van der Waals surface area contributed by atoms with E-state index in [9.17, 15) is 29.4 Å². The first kappa shape index (κ1) is 25.2. The van der Waals surface area contributed by atoms with Crippen LogP contribution in [0.1, 0.15) is 40.0 Å². The summed E-state index contributed by atoms with van der Waals surface area (Å²) in [6, 6.07) is -3.91. The Bertz CT molecular complexity index is 595. The Hall–Kier alpha value is -1.85. The third kappa shape index (κ3) is 8.19. The van der Waals surface area contributed by atoms with E-state index >= 15 is 0 Å². The fourth-order valence-electron chi connectivity index (χ4n) is 2.99. The van der Waals surface area contributed by atoms with E-state index in [0.29, 0.717) is 6.42 Å². The van der Waals surface area contributed by atoms with Crippen LogP contribution in [0.3, 0.4) is 0 Å². The molecule has 5 unspecified atom stereocenters. The second kappa shape index (κ2) is 12.0. The first-order chi connectivity index (χ1) is 13.6. The number of rotatable bonds is 11. The predicted molar refractivity (Wildman–Crippen MR) is 109 cm³/mol. The first-order valence-electron chi connectivity index (χ1n) is 9.73. The molecule has 11 heteroatoms. The van der Waals surface area contributed by atoms with Crippen molar-refractivity contribution in [1.82, 2.24) is 21.3 Å². The van der Waals surface area contributed by atoms with Crippen molar-refractivity contribution in [2.75, 3.05) is 12.3 Å². The molecule has 0 aliphatic carbocycles. The van der Waals surface area contributed by atoms with Crippen LogP contribution in [0.15, 0.2) is 0 Å². The summed E-state index contributed by atoms with van der Waals surface area (Å²) in [7, 11) is 0. The number of aliphatic carboxylic acids is 1. The summed E-state index contributed by atoms with van der Waals surface area (Å²) in [6.45, 7) is 5.66. The number of hydrogen-bond donors (Lipinski definition) is 7. The molecule has 1 fully saturated rings. The normalized spacial score (nSPS) is 20.4. The molecule has 0 spiro atoms. The monoisotopic (exact) mass is 432 g/mol. The van der Waals surface area contributed by atoms with Gasteiger partial charge >= 0.3 is 5.97 Å². The summed E-state index contributed by atoms with van der Waals surface area (Å²) in [5.41, 5.74) is 0. The van der Waals surface area contributed by atoms with Crippen LogP contribution in [0.25, 0.3) is 0 Å². The second-order valence-corrected chi connectivity index (χ2v) is 8.01. The lowest BCUT2D eigenvalue weighted by Crippen LogP contribution is -2.60. The van der Waals surface area contributed by atoms with Crippen LogP contribution < -0.4 is 21.3 Å². The number of thiol groups is 1. The highest BCUT2D eigenvalue weighted by Crippen LogP contribution is 2.07. The minimum absolute atomic E-state index is 0.0104. The molecule has 6 N–H and O–H groups in total. The van der Waals surface area contributed by atoms with Crippen molar-refractivity contribution in [1.29, 1.82) is 0 Å². The number of amides is 3. The Morgan fingerprint density at radius 2 is 1.72 bits per heavy atom. The van der Waals surface area contributed by atoms with Crippen LogP contribution in [0.4, 0.5) is 0 Å². The summed E-state index contributed by atoms with van der Waals surface area (Å²) < 4.78 is 0. The average molecular weight is 433 g/mol. The number of hydrogen-bond acceptors (Lipinski definition) is 7. The third-order valence-electron chi connectivity index (χ3n) is 4.58. The highest BCUT2D eigenvalue weighted by molar-refractivity contribution is 7.80. The van der Waals surface area contributed by atoms with E-state index in [-0.39, 0.29) is 30.0 Å². The van der Waals surface area contributed by atoms with Crippen molar-refractivity contribution in [2.24, 2.45) is 5.92 Å². The number of nitrogens with one attached hydrogen (secondary N) is 4. The van der Waals surface area contributed by atoms with Crippen molar-refractivity contribution < 1.29 is 29.4 Å². The Morgan fingerprint density at radius 3 is 2.17 bits per heavy atom. The van der Waals surface area contributed by atoms with E-state index in [0.717, 1.165) is 13.0 Å². The fourth-order valence-corrected chi connectivity index (χ4v) is 3.25. The molecule has 0 aromatic carbocycles. The van der Waals surface area contributed by atoms with E-state index in [1.54, 1.807) is 0 Å². The third-order valence-corrected chi connectivity index (χ3v) is 4.94. The molecule has 0 radical (unpaired) electrons. The average Bonchev–Trinajstić information content (AvgIpc) is 3.17. The van der Waals surface area contributed by atoms with Crippen LogP contribution in [-0.4, -0.2) is 76.5 Å². The highest BCUT2D eigenvalue weighted by Gasteiger charge is 2.33. The molecule has 0 aromatic rings. The SMILES string of the molecule is CC(C)CC(NC(=O)C(NC(=O)C(CS)NC(=O)C1CCCN1)C(C)O)C(=O)O. The van der Waals surface area contributed by atoms with Gasteiger partial charge in [0.15, 0.2) is 0 Å². The number of carboxylic acids is 1. The molecule has 1 aliphatic rings. The standard InChI is InChI=1S/C18H32N4O6S/c1-9(2)7-12(18(27)28)20-17(26)14(10(3)23)22-16(25)13(8-29)21-15(24)11-5-4-6-19-11/h9-14,19,23,29H,4-8H2,1-3H3,(H,20,26)(H,21,24)(H,22,25)(H,27,28). The number of carboxylic acid groups (broad SMARTS) is 1. The summed E-state index contributed by atoms with van der Waals surface area (Å²) >= 11 is 4.08. The van der Waals surface area contributed by atoms with Gasteiger partial charge in [0, 0.05) is 5.75 Å². The van der Waals surface area contributed by atoms with Crippen LogP contribution >= 0.6 is 12.6 Å². The van der Waals surface area contributed by atoms with E-state index in [1.807, 2.05) is 13.8 Å². The number of aliphatic hydroxyl groups is 1. The molecule has 29 heavy (non-hydrogen) atoms. The summed E-state index contributed by atoms with van der Waals surface area (Å²) in [5.74, 6) is -3.04. The molecule has 3 amide bonds. The molecule has 166 valence electrons. The lowest BCUT2D eigenvalue weighted by molar-refractivity contribution is -0.143. The lowest BCUT2D eigenvalue weighted by atomic mass is 10.0. The lowest BCUT2D eigenvalue weighted by Gasteiger charge is -2.26. The minimum atomic E-state index is -1.37. The largest absolute Gasteiger partial charge is 0.480 e. The number of carbonyl (C=O) groups excluding carboxylic acids is 3. The maximum absolute atomic E-state index is 12.5. The van der Waals surface area contributed by atoms with Gasteiger partial charge in [0.2, 0.25) is 17.7 Å². The zero-order valence-electron chi connectivity index (χ0n) is 17.0. The molecule has 1 saturated heterocycles. The topological polar surface area (TPSA) is 157 Å². The van der Waals surface area contributed by atoms with Crippen molar-refractivity contribution in [3.05, 3.63) is 0 Å². The Balaban J connectivity index is 2.76. The van der Waals surface area contributed by atoms with Crippen molar-refractivity contribution in [3.8, 4) is 0 Å². The minimum Gasteiger partial charge on any atom is -0.480 e. The quantitative estimate of drug-likeness (QED) is 0.199. The summed E-state index contributed by atoms with van der Waals surface area (Å²) in [5, 5.41) is 29.5. The summed E-state index contributed by atoms with van der Waals surface area (Å²) in [4.78, 5) is 48.6. The maximum atomic E-state index is 12.5. The van der Waals surface area contributed by atoms with Crippen molar-refractivity contribution in [2.45, 2.75) is 70.3 Å². The van der Waals surface area contributed by atoms with Gasteiger partial charge < -0.3 is 31.5 Å². The Morgan fingerprint density at radius 1 is 1.07 bits per heavy atom. The van der Waals surface area contributed by atoms with E-state index in [4.69, 9.17) is 0 Å². The highest BCUT2D eigenvalue weighted by atomic mass is 32.1. The molecular formula is C18H32N4O6S. The van der Waals surface area contributed by atoms with E-state index in [2.05, 4.69) is 33.9 Å². The van der Waals surface area contributed by atoms with Crippen LogP contribution in [0, 0.1) is 5.92 Å². The Labute approximate surface area is 176 Å². The van der Waals surface area contributed by atoms with E-state index in [1.165, 1.54) is 6.92 Å².